The molecule has 1 N–H and O–H groups in total. The van der Waals surface area contributed by atoms with Crippen LogP contribution in [-0.2, 0) is 14.4 Å². The lowest BCUT2D eigenvalue weighted by atomic mass is 9.91. The Labute approximate surface area is 116 Å². The van der Waals surface area contributed by atoms with Crippen molar-refractivity contribution >= 4 is 29.5 Å². The zero-order chi connectivity index (χ0) is 14.0. The average Bonchev–Trinajstić information content (AvgIpc) is 2.74. The number of hydrogen-bond acceptors (Lipinski definition) is 4. The molecule has 0 aromatic heterocycles. The second-order valence-electron chi connectivity index (χ2n) is 5.06. The number of rotatable bonds is 3. The van der Waals surface area contributed by atoms with Crippen molar-refractivity contribution in [1.29, 1.82) is 0 Å². The molecule has 2 atom stereocenters. The largest absolute Gasteiger partial charge is 0.481 e. The number of amides is 2. The van der Waals surface area contributed by atoms with E-state index in [2.05, 4.69) is 0 Å². The fraction of sp³-hybridized carbons (Fsp3) is 0.750. The van der Waals surface area contributed by atoms with Crippen LogP contribution in [0.4, 0.5) is 0 Å². The third kappa shape index (κ3) is 3.20. The lowest BCUT2D eigenvalue weighted by Crippen LogP contribution is -2.49. The van der Waals surface area contributed by atoms with Gasteiger partial charge in [-0.3, -0.25) is 14.4 Å². The molecule has 2 heterocycles. The molecular weight excluding hydrogens is 268 g/mol. The van der Waals surface area contributed by atoms with E-state index >= 15 is 0 Å². The summed E-state index contributed by atoms with van der Waals surface area (Å²) in [5.74, 6) is -0.194. The van der Waals surface area contributed by atoms with Gasteiger partial charge in [0.2, 0.25) is 11.8 Å². The van der Waals surface area contributed by atoms with Crippen molar-refractivity contribution in [3.8, 4) is 0 Å². The summed E-state index contributed by atoms with van der Waals surface area (Å²) >= 11 is 1.51. The molecule has 2 fully saturated rings. The number of carboxylic acids is 1. The minimum absolute atomic E-state index is 0.00595. The molecule has 0 aromatic carbocycles. The van der Waals surface area contributed by atoms with Crippen molar-refractivity contribution in [2.75, 3.05) is 24.7 Å². The van der Waals surface area contributed by atoms with E-state index in [1.54, 1.807) is 9.80 Å². The molecule has 2 aliphatic heterocycles. The smallest absolute Gasteiger partial charge is 0.306 e. The molecule has 2 amide bonds. The molecule has 2 unspecified atom stereocenters. The van der Waals surface area contributed by atoms with E-state index in [0.29, 0.717) is 31.0 Å². The third-order valence-electron chi connectivity index (χ3n) is 3.70. The van der Waals surface area contributed by atoms with Gasteiger partial charge in [0.15, 0.2) is 0 Å². The highest BCUT2D eigenvalue weighted by molar-refractivity contribution is 8.00. The number of carbonyl (C=O) groups excluding carboxylic acids is 2. The summed E-state index contributed by atoms with van der Waals surface area (Å²) in [5.41, 5.74) is 0. The number of thioether (sulfide) groups is 1. The van der Waals surface area contributed by atoms with Crippen LogP contribution >= 0.6 is 11.8 Å². The van der Waals surface area contributed by atoms with Crippen LogP contribution in [0, 0.1) is 5.92 Å². The Balaban J connectivity index is 1.89. The fourth-order valence-corrected chi connectivity index (χ4v) is 3.47. The van der Waals surface area contributed by atoms with Crippen LogP contribution in [0.25, 0.3) is 0 Å². The number of carbonyl (C=O) groups is 3. The molecule has 0 aromatic rings. The maximum Gasteiger partial charge on any atom is 0.306 e. The van der Waals surface area contributed by atoms with Crippen molar-refractivity contribution in [1.82, 2.24) is 9.80 Å². The minimum Gasteiger partial charge on any atom is -0.481 e. The second kappa shape index (κ2) is 5.81. The standard InChI is InChI=1S/C12H18N2O4S/c1-8-4-9(12(17)18)2-3-14(8)10(15)5-13-7-19-6-11(13)16/h8-9H,2-7H2,1H3,(H,17,18). The molecule has 106 valence electrons. The van der Waals surface area contributed by atoms with Crippen LogP contribution in [0.3, 0.4) is 0 Å². The van der Waals surface area contributed by atoms with E-state index in [1.807, 2.05) is 6.92 Å². The molecule has 19 heavy (non-hydrogen) atoms. The van der Waals surface area contributed by atoms with Crippen LogP contribution in [0.15, 0.2) is 0 Å². The van der Waals surface area contributed by atoms with Crippen LogP contribution in [0.5, 0.6) is 0 Å². The molecule has 6 nitrogen and oxygen atoms in total. The Morgan fingerprint density at radius 2 is 2.21 bits per heavy atom. The van der Waals surface area contributed by atoms with Crippen molar-refractivity contribution in [3.63, 3.8) is 0 Å². The van der Waals surface area contributed by atoms with Gasteiger partial charge in [-0.15, -0.1) is 11.8 Å². The van der Waals surface area contributed by atoms with E-state index in [4.69, 9.17) is 5.11 Å². The van der Waals surface area contributed by atoms with Crippen molar-refractivity contribution in [2.24, 2.45) is 5.92 Å². The summed E-state index contributed by atoms with van der Waals surface area (Å²) in [6.45, 7) is 2.45. The number of nitrogens with zero attached hydrogens (tertiary/aromatic N) is 2. The second-order valence-corrected chi connectivity index (χ2v) is 6.02. The van der Waals surface area contributed by atoms with Gasteiger partial charge in [0.25, 0.3) is 0 Å². The zero-order valence-electron chi connectivity index (χ0n) is 10.9. The first-order chi connectivity index (χ1) is 8.99. The minimum atomic E-state index is -0.787. The molecule has 2 rings (SSSR count). The van der Waals surface area contributed by atoms with Gasteiger partial charge in [-0.1, -0.05) is 0 Å². The van der Waals surface area contributed by atoms with Gasteiger partial charge in [0.1, 0.15) is 6.54 Å². The number of piperidine rings is 1. The zero-order valence-corrected chi connectivity index (χ0v) is 11.7. The normalized spacial score (nSPS) is 27.7. The van der Waals surface area contributed by atoms with Gasteiger partial charge in [0.05, 0.1) is 17.5 Å². The predicted molar refractivity (Wildman–Crippen MR) is 70.6 cm³/mol. The van der Waals surface area contributed by atoms with Gasteiger partial charge in [0, 0.05) is 12.6 Å². The molecule has 7 heteroatoms. The Hall–Kier alpha value is -1.24. The number of likely N-dealkylation sites (tertiary alicyclic amines) is 1. The Morgan fingerprint density at radius 3 is 2.74 bits per heavy atom. The van der Waals surface area contributed by atoms with Crippen molar-refractivity contribution < 1.29 is 19.5 Å². The maximum absolute atomic E-state index is 12.2. The van der Waals surface area contributed by atoms with Crippen LogP contribution in [0.1, 0.15) is 19.8 Å². The van der Waals surface area contributed by atoms with Crippen LogP contribution in [0.2, 0.25) is 0 Å². The number of aliphatic carboxylic acids is 1. The molecule has 2 saturated heterocycles. The van der Waals surface area contributed by atoms with E-state index < -0.39 is 5.97 Å². The Kier molecular flexibility index (Phi) is 4.34. The molecular formula is C12H18N2O4S. The highest BCUT2D eigenvalue weighted by atomic mass is 32.2. The predicted octanol–water partition coefficient (Wildman–Crippen LogP) is 0.231. The molecule has 0 aliphatic carbocycles. The SMILES string of the molecule is CC1CC(C(=O)O)CCN1C(=O)CN1CSCC1=O. The monoisotopic (exact) mass is 286 g/mol. The lowest BCUT2D eigenvalue weighted by Gasteiger charge is -2.37. The van der Waals surface area contributed by atoms with E-state index in [1.165, 1.54) is 11.8 Å². The summed E-state index contributed by atoms with van der Waals surface area (Å²) in [6.07, 6.45) is 0.984. The summed E-state index contributed by atoms with van der Waals surface area (Å²) < 4.78 is 0. The highest BCUT2D eigenvalue weighted by Gasteiger charge is 2.33. The lowest BCUT2D eigenvalue weighted by molar-refractivity contribution is -0.148. The van der Waals surface area contributed by atoms with Crippen LogP contribution in [-0.4, -0.2) is 63.5 Å². The number of carboxylic acid groups (broad SMARTS) is 1. The molecule has 2 aliphatic rings. The van der Waals surface area contributed by atoms with E-state index in [0.717, 1.165) is 0 Å². The van der Waals surface area contributed by atoms with Crippen molar-refractivity contribution in [3.05, 3.63) is 0 Å². The molecule has 0 bridgehead atoms. The van der Waals surface area contributed by atoms with Gasteiger partial charge in [-0.05, 0) is 19.8 Å². The summed E-state index contributed by atoms with van der Waals surface area (Å²) in [6, 6.07) is -0.0762. The van der Waals surface area contributed by atoms with Gasteiger partial charge < -0.3 is 14.9 Å². The maximum atomic E-state index is 12.2. The Morgan fingerprint density at radius 1 is 1.47 bits per heavy atom. The van der Waals surface area contributed by atoms with Gasteiger partial charge >= 0.3 is 5.97 Å². The summed E-state index contributed by atoms with van der Waals surface area (Å²) in [4.78, 5) is 37.8. The quantitative estimate of drug-likeness (QED) is 0.803. The topological polar surface area (TPSA) is 77.9 Å². The third-order valence-corrected chi connectivity index (χ3v) is 4.64. The molecule has 0 saturated carbocycles. The highest BCUT2D eigenvalue weighted by Crippen LogP contribution is 2.24. The fourth-order valence-electron chi connectivity index (χ4n) is 2.56. The van der Waals surface area contributed by atoms with Crippen LogP contribution < -0.4 is 0 Å². The summed E-state index contributed by atoms with van der Waals surface area (Å²) in [7, 11) is 0. The first-order valence-electron chi connectivity index (χ1n) is 6.37. The van der Waals surface area contributed by atoms with Gasteiger partial charge in [-0.2, -0.15) is 0 Å². The Bertz CT molecular complexity index is 401. The average molecular weight is 286 g/mol. The van der Waals surface area contributed by atoms with Crippen molar-refractivity contribution in [2.45, 2.75) is 25.8 Å². The van der Waals surface area contributed by atoms with E-state index in [-0.39, 0.29) is 30.3 Å². The molecule has 0 radical (unpaired) electrons. The first kappa shape index (κ1) is 14.2. The molecule has 0 spiro atoms. The summed E-state index contributed by atoms with van der Waals surface area (Å²) in [5, 5.41) is 8.99. The number of hydrogen-bond donors (Lipinski definition) is 1. The van der Waals surface area contributed by atoms with Gasteiger partial charge in [-0.25, -0.2) is 0 Å². The van der Waals surface area contributed by atoms with E-state index in [9.17, 15) is 14.4 Å². The first-order valence-corrected chi connectivity index (χ1v) is 7.52.